The number of phenolic OH excluding ortho intramolecular Hbond substituents is 4. The number of hydrogen-bond acceptors (Lipinski definition) is 12. The fraction of sp³-hybridized carbons (Fsp3) is 0.231. The van der Waals surface area contributed by atoms with Gasteiger partial charge in [-0.1, -0.05) is 119 Å². The molecule has 8 aromatic rings. The topological polar surface area (TPSA) is 165 Å². The molecule has 0 bridgehead atoms. The molecule has 0 fully saturated rings. The normalized spacial score (nSPS) is 11.4. The van der Waals surface area contributed by atoms with Crippen LogP contribution in [0, 0.1) is 55.4 Å². The number of benzene rings is 6. The lowest BCUT2D eigenvalue weighted by atomic mass is 9.92. The third-order valence-corrected chi connectivity index (χ3v) is 13.8. The molecule has 0 unspecified atom stereocenters. The lowest BCUT2D eigenvalue weighted by Gasteiger charge is -2.24. The van der Waals surface area contributed by atoms with Crippen LogP contribution in [0.4, 0.5) is 0 Å². The predicted octanol–water partition coefficient (Wildman–Crippen LogP) is 13.3. The van der Waals surface area contributed by atoms with Gasteiger partial charge in [0.1, 0.15) is 23.0 Å². The first kappa shape index (κ1) is 54.7. The Hall–Kier alpha value is -8.58. The highest BCUT2D eigenvalue weighted by molar-refractivity contribution is 5.78. The highest BCUT2D eigenvalue weighted by Gasteiger charge is 2.28. The maximum Gasteiger partial charge on any atom is 0.167 e. The minimum Gasteiger partial charge on any atom is -0.507 e. The van der Waals surface area contributed by atoms with Crippen molar-refractivity contribution in [2.75, 3.05) is 26.2 Å². The van der Waals surface area contributed by atoms with E-state index in [1.807, 2.05) is 114 Å². The highest BCUT2D eigenvalue weighted by Crippen LogP contribution is 2.46. The van der Waals surface area contributed by atoms with Gasteiger partial charge < -0.3 is 20.4 Å². The van der Waals surface area contributed by atoms with E-state index in [-0.39, 0.29) is 82.0 Å². The highest BCUT2D eigenvalue weighted by atomic mass is 16.3. The van der Waals surface area contributed by atoms with Gasteiger partial charge in [-0.05, 0) is 95.3 Å². The Bertz CT molecular complexity index is 3440. The van der Waals surface area contributed by atoms with Crippen LogP contribution in [0.5, 0.6) is 23.0 Å². The van der Waals surface area contributed by atoms with E-state index in [0.29, 0.717) is 55.0 Å². The van der Waals surface area contributed by atoms with Crippen molar-refractivity contribution in [3.8, 4) is 91.3 Å². The average Bonchev–Trinajstić information content (AvgIpc) is 3.43. The van der Waals surface area contributed by atoms with Crippen molar-refractivity contribution >= 4 is 0 Å². The first-order chi connectivity index (χ1) is 36.9. The van der Waals surface area contributed by atoms with Crippen LogP contribution in [0.1, 0.15) is 66.8 Å². The second kappa shape index (κ2) is 23.5. The zero-order chi connectivity index (χ0) is 55.2. The Balaban J connectivity index is 1.41. The molecule has 4 N–H and O–H groups in total. The van der Waals surface area contributed by atoms with Crippen molar-refractivity contribution in [3.05, 3.63) is 202 Å². The zero-order valence-corrected chi connectivity index (χ0v) is 45.5. The summed E-state index contributed by atoms with van der Waals surface area (Å²) in [6.07, 6.45) is 6.81. The van der Waals surface area contributed by atoms with Gasteiger partial charge >= 0.3 is 0 Å². The van der Waals surface area contributed by atoms with Crippen LogP contribution in [0.15, 0.2) is 136 Å². The summed E-state index contributed by atoms with van der Waals surface area (Å²) in [5.41, 5.74) is 12.7. The SMILES string of the molecule is C=CCN(CC=C)Cc1cc(-c2nc(-c3ccc(C)cc3C)nc(-c3ccc(C)cc3C)n2)c(O)c(Cc2cc(-c3nc(-c4ccc(C)cc4C)nc(-c4ccc(C)cc4C)n3)c(O)c(CN(CC=C)CC=C)c2O)c1O. The summed E-state index contributed by atoms with van der Waals surface area (Å²) in [6.45, 7) is 34.1. The lowest BCUT2D eigenvalue weighted by Crippen LogP contribution is -2.23. The molecule has 0 atom stereocenters. The Kier molecular flexibility index (Phi) is 16.7. The monoisotopic (exact) mass is 1020 g/mol. The van der Waals surface area contributed by atoms with Crippen LogP contribution >= 0.6 is 0 Å². The molecular formula is C65H68N8O4. The van der Waals surface area contributed by atoms with Gasteiger partial charge in [0.25, 0.3) is 0 Å². The number of aromatic nitrogens is 6. The quantitative estimate of drug-likeness (QED) is 0.0535. The molecule has 0 aliphatic heterocycles. The second-order valence-electron chi connectivity index (χ2n) is 20.1. The molecule has 12 heteroatoms. The molecule has 0 amide bonds. The van der Waals surface area contributed by atoms with Gasteiger partial charge in [0.05, 0.1) is 16.7 Å². The van der Waals surface area contributed by atoms with Gasteiger partial charge in [-0.15, -0.1) is 26.3 Å². The minimum atomic E-state index is -0.306. The van der Waals surface area contributed by atoms with Gasteiger partial charge in [0.15, 0.2) is 34.9 Å². The van der Waals surface area contributed by atoms with Crippen LogP contribution in [-0.2, 0) is 19.5 Å². The number of phenols is 4. The van der Waals surface area contributed by atoms with E-state index in [1.165, 1.54) is 0 Å². The van der Waals surface area contributed by atoms with Crippen molar-refractivity contribution in [2.24, 2.45) is 0 Å². The van der Waals surface area contributed by atoms with Crippen LogP contribution in [-0.4, -0.2) is 86.3 Å². The number of hydrogen-bond donors (Lipinski definition) is 4. The number of aromatic hydroxyl groups is 4. The summed E-state index contributed by atoms with van der Waals surface area (Å²) >= 11 is 0. The molecule has 6 aromatic carbocycles. The van der Waals surface area contributed by atoms with Gasteiger partial charge in [0.2, 0.25) is 0 Å². The molecule has 0 radical (unpaired) electrons. The van der Waals surface area contributed by atoms with Gasteiger partial charge in [0, 0.05) is 79.1 Å². The van der Waals surface area contributed by atoms with Gasteiger partial charge in [-0.2, -0.15) is 0 Å². The van der Waals surface area contributed by atoms with Crippen LogP contribution < -0.4 is 0 Å². The molecule has 0 spiro atoms. The Morgan fingerprint density at radius 2 is 0.636 bits per heavy atom. The Morgan fingerprint density at radius 3 is 0.961 bits per heavy atom. The summed E-state index contributed by atoms with van der Waals surface area (Å²) in [4.78, 5) is 34.4. The summed E-state index contributed by atoms with van der Waals surface area (Å²) in [5.74, 6) is 0.930. The number of aryl methyl sites for hydroxylation is 8. The maximum atomic E-state index is 12.9. The molecule has 0 saturated heterocycles. The van der Waals surface area contributed by atoms with Crippen molar-refractivity contribution in [1.82, 2.24) is 39.7 Å². The second-order valence-corrected chi connectivity index (χ2v) is 20.1. The summed E-state index contributed by atoms with van der Waals surface area (Å²) in [7, 11) is 0. The van der Waals surface area contributed by atoms with Crippen molar-refractivity contribution in [3.63, 3.8) is 0 Å². The molecule has 12 nitrogen and oxygen atoms in total. The molecule has 2 heterocycles. The number of nitrogens with zero attached hydrogens (tertiary/aromatic N) is 8. The zero-order valence-electron chi connectivity index (χ0n) is 45.5. The lowest BCUT2D eigenvalue weighted by molar-refractivity contribution is 0.312. The van der Waals surface area contributed by atoms with E-state index in [4.69, 9.17) is 29.9 Å². The van der Waals surface area contributed by atoms with Gasteiger partial charge in [-0.25, -0.2) is 29.9 Å². The minimum absolute atomic E-state index is 0.0596. The molecule has 77 heavy (non-hydrogen) atoms. The molecule has 8 rings (SSSR count). The Morgan fingerprint density at radius 1 is 0.351 bits per heavy atom. The summed E-state index contributed by atoms with van der Waals surface area (Å²) < 4.78 is 0. The predicted molar refractivity (Wildman–Crippen MR) is 311 cm³/mol. The van der Waals surface area contributed by atoms with E-state index in [1.54, 1.807) is 36.4 Å². The number of rotatable bonds is 20. The standard InChI is InChI=1S/C65H68N8O4/c1-13-25-72(26-14-2)36-47-35-54(65-70-62(50-23-19-40(7)31-44(50)11)67-63(71-65)51-24-20-41(8)32-45(51)12)58(76)52(57(47)75)33-46-34-53(59(77)55(56(46)74)37-73(27-15-3)28-16-4)64-68-60(48-21-17-38(5)29-42(48)9)66-61(69-64)49-22-18-39(6)30-43(49)10/h13-24,29-32,34-35,74-77H,1-4,25-28,33,36-37H2,5-12H3. The molecule has 392 valence electrons. The molecule has 2 aromatic heterocycles. The molecular weight excluding hydrogens is 957 g/mol. The van der Waals surface area contributed by atoms with Crippen molar-refractivity contribution in [1.29, 1.82) is 0 Å². The van der Waals surface area contributed by atoms with Crippen LogP contribution in [0.3, 0.4) is 0 Å². The summed E-state index contributed by atoms with van der Waals surface area (Å²) in [6, 6.07) is 27.6. The molecule has 0 aliphatic rings. The van der Waals surface area contributed by atoms with Crippen LogP contribution in [0.25, 0.3) is 68.3 Å². The van der Waals surface area contributed by atoms with E-state index in [2.05, 4.69) is 50.6 Å². The third-order valence-electron chi connectivity index (χ3n) is 13.8. The first-order valence-electron chi connectivity index (χ1n) is 25.8. The largest absolute Gasteiger partial charge is 0.507 e. The maximum absolute atomic E-state index is 12.9. The van der Waals surface area contributed by atoms with Crippen LogP contribution in [0.2, 0.25) is 0 Å². The molecule has 0 saturated carbocycles. The van der Waals surface area contributed by atoms with E-state index >= 15 is 0 Å². The first-order valence-corrected chi connectivity index (χ1v) is 25.8. The fourth-order valence-electron chi connectivity index (χ4n) is 10.00. The Labute approximate surface area is 452 Å². The van der Waals surface area contributed by atoms with Crippen molar-refractivity contribution < 1.29 is 20.4 Å². The van der Waals surface area contributed by atoms with E-state index in [0.717, 1.165) is 66.8 Å². The van der Waals surface area contributed by atoms with Gasteiger partial charge in [-0.3, -0.25) is 9.80 Å². The van der Waals surface area contributed by atoms with E-state index in [9.17, 15) is 20.4 Å². The van der Waals surface area contributed by atoms with E-state index < -0.39 is 0 Å². The smallest absolute Gasteiger partial charge is 0.167 e. The fourth-order valence-corrected chi connectivity index (χ4v) is 10.00. The summed E-state index contributed by atoms with van der Waals surface area (Å²) in [5, 5.41) is 50.6. The average molecular weight is 1030 g/mol. The molecule has 0 aliphatic carbocycles. The third kappa shape index (κ3) is 11.9. The van der Waals surface area contributed by atoms with Crippen molar-refractivity contribution in [2.45, 2.75) is 74.9 Å².